The van der Waals surface area contributed by atoms with Gasteiger partial charge in [-0.05, 0) is 37.3 Å². The SMILES string of the molecule is Cc1c(C(=O)NNC(=O)CSc2ccc(Cl)cc2)cccc1[N+](=O)[O-]. The molecule has 7 nitrogen and oxygen atoms in total. The van der Waals surface area contributed by atoms with Crippen molar-refractivity contribution >= 4 is 40.9 Å². The van der Waals surface area contributed by atoms with E-state index in [4.69, 9.17) is 11.6 Å². The summed E-state index contributed by atoms with van der Waals surface area (Å²) in [6.45, 7) is 1.48. The first-order valence-electron chi connectivity index (χ1n) is 7.10. The molecular weight excluding hydrogens is 366 g/mol. The smallest absolute Gasteiger partial charge is 0.272 e. The molecule has 2 rings (SSSR count). The van der Waals surface area contributed by atoms with E-state index in [1.165, 1.54) is 36.9 Å². The molecule has 9 heteroatoms. The van der Waals surface area contributed by atoms with Crippen LogP contribution in [0.25, 0.3) is 0 Å². The molecule has 0 aliphatic heterocycles. The van der Waals surface area contributed by atoms with Gasteiger partial charge in [0.15, 0.2) is 0 Å². The number of nitrogens with one attached hydrogen (secondary N) is 2. The highest BCUT2D eigenvalue weighted by molar-refractivity contribution is 8.00. The van der Waals surface area contributed by atoms with E-state index in [1.807, 2.05) is 0 Å². The summed E-state index contributed by atoms with van der Waals surface area (Å²) in [6, 6.07) is 11.2. The predicted octanol–water partition coefficient (Wildman–Crippen LogP) is 3.11. The van der Waals surface area contributed by atoms with Crippen LogP contribution in [0.2, 0.25) is 5.02 Å². The summed E-state index contributed by atoms with van der Waals surface area (Å²) < 4.78 is 0. The third-order valence-corrected chi connectivity index (χ3v) is 4.51. The number of hydrazine groups is 1. The van der Waals surface area contributed by atoms with Crippen LogP contribution in [0.5, 0.6) is 0 Å². The molecular formula is C16H14ClN3O4S. The van der Waals surface area contributed by atoms with Crippen molar-refractivity contribution in [1.29, 1.82) is 0 Å². The van der Waals surface area contributed by atoms with Gasteiger partial charge in [-0.2, -0.15) is 0 Å². The monoisotopic (exact) mass is 379 g/mol. The van der Waals surface area contributed by atoms with Crippen LogP contribution >= 0.6 is 23.4 Å². The van der Waals surface area contributed by atoms with Crippen molar-refractivity contribution in [2.24, 2.45) is 0 Å². The molecule has 0 aromatic heterocycles. The van der Waals surface area contributed by atoms with E-state index in [0.29, 0.717) is 5.02 Å². The summed E-state index contributed by atoms with van der Waals surface area (Å²) in [5, 5.41) is 11.5. The minimum Gasteiger partial charge on any atom is -0.272 e. The number of rotatable bonds is 5. The lowest BCUT2D eigenvalue weighted by Crippen LogP contribution is -2.42. The summed E-state index contributed by atoms with van der Waals surface area (Å²) in [4.78, 5) is 35.1. The number of amides is 2. The first-order valence-corrected chi connectivity index (χ1v) is 8.46. The molecule has 0 aliphatic rings. The van der Waals surface area contributed by atoms with Crippen molar-refractivity contribution < 1.29 is 14.5 Å². The van der Waals surface area contributed by atoms with Crippen molar-refractivity contribution in [1.82, 2.24) is 10.9 Å². The molecule has 0 atom stereocenters. The van der Waals surface area contributed by atoms with Gasteiger partial charge in [0.05, 0.1) is 16.2 Å². The number of nitro benzene ring substituents is 1. The van der Waals surface area contributed by atoms with Gasteiger partial charge in [-0.1, -0.05) is 17.7 Å². The Bertz CT molecular complexity index is 812. The summed E-state index contributed by atoms with van der Waals surface area (Å²) in [7, 11) is 0. The minimum absolute atomic E-state index is 0.0931. The van der Waals surface area contributed by atoms with Crippen molar-refractivity contribution in [3.8, 4) is 0 Å². The number of halogens is 1. The lowest BCUT2D eigenvalue weighted by Gasteiger charge is -2.09. The highest BCUT2D eigenvalue weighted by Gasteiger charge is 2.18. The zero-order chi connectivity index (χ0) is 18.4. The number of nitrogens with zero attached hydrogens (tertiary/aromatic N) is 1. The second-order valence-corrected chi connectivity index (χ2v) is 6.44. The third-order valence-electron chi connectivity index (χ3n) is 3.25. The van der Waals surface area contributed by atoms with E-state index in [1.54, 1.807) is 24.3 Å². The molecule has 25 heavy (non-hydrogen) atoms. The number of hydrogen-bond donors (Lipinski definition) is 2. The third kappa shape index (κ3) is 5.20. The number of nitro groups is 1. The molecule has 2 amide bonds. The van der Waals surface area contributed by atoms with Gasteiger partial charge >= 0.3 is 0 Å². The Morgan fingerprint density at radius 3 is 2.48 bits per heavy atom. The summed E-state index contributed by atoms with van der Waals surface area (Å²) in [5.74, 6) is -0.932. The van der Waals surface area contributed by atoms with Crippen LogP contribution < -0.4 is 10.9 Å². The zero-order valence-electron chi connectivity index (χ0n) is 13.1. The van der Waals surface area contributed by atoms with E-state index in [9.17, 15) is 19.7 Å². The van der Waals surface area contributed by atoms with Crippen LogP contribution in [0.4, 0.5) is 5.69 Å². The van der Waals surface area contributed by atoms with Crippen molar-refractivity contribution in [2.75, 3.05) is 5.75 Å². The molecule has 0 unspecified atom stereocenters. The fourth-order valence-electron chi connectivity index (χ4n) is 1.98. The normalized spacial score (nSPS) is 10.2. The fraction of sp³-hybridized carbons (Fsp3) is 0.125. The quantitative estimate of drug-likeness (QED) is 0.472. The molecule has 0 fully saturated rings. The van der Waals surface area contributed by atoms with Gasteiger partial charge in [0.1, 0.15) is 0 Å². The maximum absolute atomic E-state index is 12.1. The van der Waals surface area contributed by atoms with Crippen molar-refractivity contribution in [3.63, 3.8) is 0 Å². The van der Waals surface area contributed by atoms with Gasteiger partial charge in [-0.3, -0.25) is 30.6 Å². The summed E-state index contributed by atoms with van der Waals surface area (Å²) >= 11 is 7.07. The van der Waals surface area contributed by atoms with E-state index >= 15 is 0 Å². The molecule has 2 N–H and O–H groups in total. The number of carbonyl (C=O) groups is 2. The van der Waals surface area contributed by atoms with Crippen LogP contribution in [0.15, 0.2) is 47.4 Å². The molecule has 0 saturated carbocycles. The lowest BCUT2D eigenvalue weighted by molar-refractivity contribution is -0.385. The maximum Gasteiger partial charge on any atom is 0.273 e. The minimum atomic E-state index is -0.619. The Hall–Kier alpha value is -2.58. The van der Waals surface area contributed by atoms with Gasteiger partial charge in [-0.25, -0.2) is 0 Å². The predicted molar refractivity (Wildman–Crippen MR) is 95.6 cm³/mol. The van der Waals surface area contributed by atoms with E-state index < -0.39 is 16.7 Å². The number of carbonyl (C=O) groups excluding carboxylic acids is 2. The molecule has 0 saturated heterocycles. The summed E-state index contributed by atoms with van der Waals surface area (Å²) in [6.07, 6.45) is 0. The van der Waals surface area contributed by atoms with Gasteiger partial charge in [0, 0.05) is 21.5 Å². The number of thioether (sulfide) groups is 1. The average Bonchev–Trinajstić information content (AvgIpc) is 2.59. The zero-order valence-corrected chi connectivity index (χ0v) is 14.7. The molecule has 0 spiro atoms. The van der Waals surface area contributed by atoms with Crippen LogP contribution in [0, 0.1) is 17.0 Å². The van der Waals surface area contributed by atoms with Gasteiger partial charge in [0.2, 0.25) is 5.91 Å². The Labute approximate surface area is 152 Å². The van der Waals surface area contributed by atoms with Crippen LogP contribution in [-0.2, 0) is 4.79 Å². The van der Waals surface area contributed by atoms with E-state index in [-0.39, 0.29) is 22.6 Å². The van der Waals surface area contributed by atoms with Crippen LogP contribution in [0.3, 0.4) is 0 Å². The first-order chi connectivity index (χ1) is 11.9. The van der Waals surface area contributed by atoms with Crippen molar-refractivity contribution in [3.05, 3.63) is 68.7 Å². The van der Waals surface area contributed by atoms with E-state index in [2.05, 4.69) is 10.9 Å². The molecule has 0 aliphatic carbocycles. The molecule has 0 bridgehead atoms. The first kappa shape index (κ1) is 18.8. The summed E-state index contributed by atoms with van der Waals surface area (Å²) in [5.41, 5.74) is 4.74. The maximum atomic E-state index is 12.1. The molecule has 0 heterocycles. The average molecular weight is 380 g/mol. The second kappa shape index (κ2) is 8.50. The standard InChI is InChI=1S/C16H14ClN3O4S/c1-10-13(3-2-4-14(10)20(23)24)16(22)19-18-15(21)9-25-12-7-5-11(17)6-8-12/h2-8H,9H2,1H3,(H,18,21)(H,19,22). The Balaban J connectivity index is 1.89. The Morgan fingerprint density at radius 1 is 1.16 bits per heavy atom. The lowest BCUT2D eigenvalue weighted by atomic mass is 10.1. The van der Waals surface area contributed by atoms with Gasteiger partial charge < -0.3 is 0 Å². The number of benzene rings is 2. The van der Waals surface area contributed by atoms with Crippen LogP contribution in [0.1, 0.15) is 15.9 Å². The fourth-order valence-corrected chi connectivity index (χ4v) is 2.80. The molecule has 0 radical (unpaired) electrons. The number of hydrogen-bond acceptors (Lipinski definition) is 5. The topological polar surface area (TPSA) is 101 Å². The Kier molecular flexibility index (Phi) is 6.37. The highest BCUT2D eigenvalue weighted by atomic mass is 35.5. The van der Waals surface area contributed by atoms with Crippen LogP contribution in [-0.4, -0.2) is 22.5 Å². The largest absolute Gasteiger partial charge is 0.273 e. The molecule has 2 aromatic rings. The molecule has 130 valence electrons. The second-order valence-electron chi connectivity index (χ2n) is 4.95. The van der Waals surface area contributed by atoms with Crippen molar-refractivity contribution in [2.45, 2.75) is 11.8 Å². The molecule has 2 aromatic carbocycles. The van der Waals surface area contributed by atoms with Gasteiger partial charge in [0.25, 0.3) is 11.6 Å². The highest BCUT2D eigenvalue weighted by Crippen LogP contribution is 2.21. The Morgan fingerprint density at radius 2 is 1.84 bits per heavy atom. The van der Waals surface area contributed by atoms with Gasteiger partial charge in [-0.15, -0.1) is 11.8 Å². The van der Waals surface area contributed by atoms with E-state index in [0.717, 1.165) is 4.90 Å².